The van der Waals surface area contributed by atoms with Crippen molar-refractivity contribution in [3.05, 3.63) is 69.6 Å². The van der Waals surface area contributed by atoms with Crippen molar-refractivity contribution in [3.63, 3.8) is 0 Å². The Labute approximate surface area is 175 Å². The van der Waals surface area contributed by atoms with Gasteiger partial charge in [0.15, 0.2) is 0 Å². The van der Waals surface area contributed by atoms with Gasteiger partial charge in [-0.15, -0.1) is 15.3 Å². The zero-order valence-corrected chi connectivity index (χ0v) is 17.2. The number of benzene rings is 2. The molecule has 10 nitrogen and oxygen atoms in total. The fourth-order valence-corrected chi connectivity index (χ4v) is 3.65. The van der Waals surface area contributed by atoms with Crippen LogP contribution in [0.2, 0.25) is 0 Å². The highest BCUT2D eigenvalue weighted by Crippen LogP contribution is 2.35. The number of thioether (sulfide) groups is 1. The van der Waals surface area contributed by atoms with E-state index in [1.165, 1.54) is 23.9 Å². The topological polar surface area (TPSA) is 126 Å². The second-order valence-electron chi connectivity index (χ2n) is 6.60. The molecule has 152 valence electrons. The van der Waals surface area contributed by atoms with Gasteiger partial charge in [0.1, 0.15) is 0 Å². The van der Waals surface area contributed by atoms with Gasteiger partial charge in [-0.25, -0.2) is 0 Å². The molecule has 1 unspecified atom stereocenters. The maximum atomic E-state index is 10.8. The van der Waals surface area contributed by atoms with Crippen LogP contribution in [0, 0.1) is 24.0 Å². The summed E-state index contributed by atoms with van der Waals surface area (Å²) in [5.41, 5.74) is 3.76. The van der Waals surface area contributed by atoms with E-state index in [2.05, 4.69) is 25.7 Å². The summed E-state index contributed by atoms with van der Waals surface area (Å²) in [5, 5.41) is 31.4. The molecule has 0 N–H and O–H groups in total. The summed E-state index contributed by atoms with van der Waals surface area (Å²) in [5.74, 6) is 0.699. The van der Waals surface area contributed by atoms with Gasteiger partial charge in [0.2, 0.25) is 16.9 Å². The first-order chi connectivity index (χ1) is 14.4. The summed E-state index contributed by atoms with van der Waals surface area (Å²) in [4.78, 5) is 10.3. The molecule has 0 aliphatic rings. The Hall–Kier alpha value is -3.60. The Kier molecular flexibility index (Phi) is 5.27. The van der Waals surface area contributed by atoms with Crippen LogP contribution in [0.25, 0.3) is 17.1 Å². The number of tetrazole rings is 1. The molecule has 30 heavy (non-hydrogen) atoms. The smallest absolute Gasteiger partial charge is 0.269 e. The van der Waals surface area contributed by atoms with E-state index in [1.807, 2.05) is 39.0 Å². The Balaban J connectivity index is 1.55. The number of rotatable bonds is 6. The van der Waals surface area contributed by atoms with Gasteiger partial charge in [-0.1, -0.05) is 23.9 Å². The first-order valence-electron chi connectivity index (χ1n) is 9.04. The molecule has 0 aliphatic carbocycles. The highest BCUT2D eigenvalue weighted by Gasteiger charge is 2.21. The van der Waals surface area contributed by atoms with E-state index in [4.69, 9.17) is 4.42 Å². The molecule has 0 bridgehead atoms. The molecule has 0 aliphatic heterocycles. The van der Waals surface area contributed by atoms with Gasteiger partial charge >= 0.3 is 0 Å². The van der Waals surface area contributed by atoms with E-state index in [9.17, 15) is 10.1 Å². The number of hydrogen-bond acceptors (Lipinski definition) is 9. The average Bonchev–Trinajstić information content (AvgIpc) is 3.40. The first kappa shape index (κ1) is 19.7. The molecule has 0 radical (unpaired) electrons. The SMILES string of the molecule is Cc1cccc(-n2nnnc2SC(C)c2nnc(-c3ccc([N+](=O)[O-])cc3)o2)c1C. The van der Waals surface area contributed by atoms with Crippen molar-refractivity contribution >= 4 is 17.4 Å². The monoisotopic (exact) mass is 423 g/mol. The highest BCUT2D eigenvalue weighted by molar-refractivity contribution is 7.99. The van der Waals surface area contributed by atoms with Crippen LogP contribution in [-0.4, -0.2) is 35.3 Å². The van der Waals surface area contributed by atoms with Gasteiger partial charge in [-0.3, -0.25) is 10.1 Å². The molecular weight excluding hydrogens is 406 g/mol. The molecule has 2 aromatic heterocycles. The van der Waals surface area contributed by atoms with E-state index in [0.29, 0.717) is 22.5 Å². The summed E-state index contributed by atoms with van der Waals surface area (Å²) in [6.45, 7) is 5.98. The van der Waals surface area contributed by atoms with E-state index in [1.54, 1.807) is 16.8 Å². The second kappa shape index (κ2) is 8.03. The lowest BCUT2D eigenvalue weighted by atomic mass is 10.1. The van der Waals surface area contributed by atoms with Crippen molar-refractivity contribution in [1.29, 1.82) is 0 Å². The Morgan fingerprint density at radius 2 is 1.87 bits per heavy atom. The van der Waals surface area contributed by atoms with Crippen LogP contribution in [0.1, 0.15) is 29.2 Å². The Bertz CT molecular complexity index is 1200. The molecular formula is C19H17N7O3S. The zero-order valence-electron chi connectivity index (χ0n) is 16.4. The van der Waals surface area contributed by atoms with Gasteiger partial charge in [0, 0.05) is 17.7 Å². The summed E-state index contributed by atoms with van der Waals surface area (Å²) in [7, 11) is 0. The number of nitro groups is 1. The molecule has 0 fully saturated rings. The molecule has 0 spiro atoms. The summed E-state index contributed by atoms with van der Waals surface area (Å²) >= 11 is 1.40. The molecule has 4 rings (SSSR count). The number of aromatic nitrogens is 6. The minimum Gasteiger partial charge on any atom is -0.419 e. The second-order valence-corrected chi connectivity index (χ2v) is 7.91. The van der Waals surface area contributed by atoms with Crippen LogP contribution >= 0.6 is 11.8 Å². The zero-order chi connectivity index (χ0) is 21.3. The summed E-state index contributed by atoms with van der Waals surface area (Å²) in [6, 6.07) is 11.9. The third-order valence-electron chi connectivity index (χ3n) is 4.64. The van der Waals surface area contributed by atoms with Gasteiger partial charge in [-0.05, 0) is 60.5 Å². The maximum absolute atomic E-state index is 10.8. The normalized spacial score (nSPS) is 12.1. The molecule has 0 saturated heterocycles. The fraction of sp³-hybridized carbons (Fsp3) is 0.211. The van der Waals surface area contributed by atoms with E-state index >= 15 is 0 Å². The number of aryl methyl sites for hydroxylation is 1. The Morgan fingerprint density at radius 3 is 2.60 bits per heavy atom. The lowest BCUT2D eigenvalue weighted by Crippen LogP contribution is -2.03. The molecule has 2 heterocycles. The van der Waals surface area contributed by atoms with Gasteiger partial charge < -0.3 is 4.42 Å². The molecule has 0 amide bonds. The van der Waals surface area contributed by atoms with E-state index < -0.39 is 4.92 Å². The van der Waals surface area contributed by atoms with Crippen molar-refractivity contribution in [1.82, 2.24) is 30.4 Å². The van der Waals surface area contributed by atoms with Crippen LogP contribution in [0.4, 0.5) is 5.69 Å². The Morgan fingerprint density at radius 1 is 1.10 bits per heavy atom. The lowest BCUT2D eigenvalue weighted by Gasteiger charge is -2.10. The minimum absolute atomic E-state index is 0.000640. The quantitative estimate of drug-likeness (QED) is 0.256. The van der Waals surface area contributed by atoms with Crippen LogP contribution in [0.3, 0.4) is 0 Å². The van der Waals surface area contributed by atoms with Crippen molar-refractivity contribution in [2.75, 3.05) is 0 Å². The lowest BCUT2D eigenvalue weighted by molar-refractivity contribution is -0.384. The molecule has 2 aromatic carbocycles. The van der Waals surface area contributed by atoms with E-state index in [-0.39, 0.29) is 10.9 Å². The summed E-state index contributed by atoms with van der Waals surface area (Å²) < 4.78 is 7.47. The third-order valence-corrected chi connectivity index (χ3v) is 5.66. The fourth-order valence-electron chi connectivity index (χ4n) is 2.82. The molecule has 4 aromatic rings. The van der Waals surface area contributed by atoms with Crippen molar-refractivity contribution in [3.8, 4) is 17.1 Å². The number of nitro benzene ring substituents is 1. The minimum atomic E-state index is -0.456. The van der Waals surface area contributed by atoms with Crippen LogP contribution in [0.5, 0.6) is 0 Å². The first-order valence-corrected chi connectivity index (χ1v) is 9.92. The van der Waals surface area contributed by atoms with Crippen LogP contribution in [-0.2, 0) is 0 Å². The van der Waals surface area contributed by atoms with Crippen molar-refractivity contribution < 1.29 is 9.34 Å². The predicted octanol–water partition coefficient (Wildman–Crippen LogP) is 4.09. The van der Waals surface area contributed by atoms with Gasteiger partial charge in [0.05, 0.1) is 15.9 Å². The predicted molar refractivity (Wildman–Crippen MR) is 109 cm³/mol. The average molecular weight is 423 g/mol. The van der Waals surface area contributed by atoms with Crippen LogP contribution in [0.15, 0.2) is 52.0 Å². The standard InChI is InChI=1S/C19H17N7O3S/c1-11-5-4-6-16(12(11)2)25-19(22-23-24-25)30-13(3)17-20-21-18(29-17)14-7-9-15(10-8-14)26(27)28/h4-10,13H,1-3H3. The summed E-state index contributed by atoms with van der Waals surface area (Å²) in [6.07, 6.45) is 0. The van der Waals surface area contributed by atoms with Gasteiger partial charge in [-0.2, -0.15) is 4.68 Å². The highest BCUT2D eigenvalue weighted by atomic mass is 32.2. The molecule has 1 atom stereocenters. The largest absolute Gasteiger partial charge is 0.419 e. The van der Waals surface area contributed by atoms with E-state index in [0.717, 1.165) is 16.8 Å². The maximum Gasteiger partial charge on any atom is 0.269 e. The molecule has 11 heteroatoms. The van der Waals surface area contributed by atoms with Crippen molar-refractivity contribution in [2.24, 2.45) is 0 Å². The number of nitrogens with zero attached hydrogens (tertiary/aromatic N) is 7. The van der Waals surface area contributed by atoms with Crippen molar-refractivity contribution in [2.45, 2.75) is 31.2 Å². The number of hydrogen-bond donors (Lipinski definition) is 0. The molecule has 0 saturated carbocycles. The third kappa shape index (κ3) is 3.79. The van der Waals surface area contributed by atoms with Gasteiger partial charge in [0.25, 0.3) is 5.69 Å². The number of non-ortho nitro benzene ring substituents is 1. The van der Waals surface area contributed by atoms with Crippen LogP contribution < -0.4 is 0 Å².